The number of ketones is 1. The number of Topliss-reactive ketones (excluding diaryl/α,β-unsaturated/α-hetero) is 1. The first-order valence-corrected chi connectivity index (χ1v) is 8.62. The summed E-state index contributed by atoms with van der Waals surface area (Å²) in [7, 11) is 0. The summed E-state index contributed by atoms with van der Waals surface area (Å²) in [5.41, 5.74) is 2.42. The molecule has 0 saturated carbocycles. The van der Waals surface area contributed by atoms with E-state index in [2.05, 4.69) is 46.1 Å². The molecular weight excluding hydrogens is 306 g/mol. The van der Waals surface area contributed by atoms with E-state index < -0.39 is 0 Å². The van der Waals surface area contributed by atoms with Crippen LogP contribution in [0.4, 0.5) is 5.82 Å². The molecule has 1 aromatic carbocycles. The summed E-state index contributed by atoms with van der Waals surface area (Å²) < 4.78 is 0. The Kier molecular flexibility index (Phi) is 3.58. The standard InChI is InChI=1S/C18H17N3OS/c1-12-15(13-5-3-2-4-6-13)16-17(19-11-20-18(16)23-12)21-9-7-14(22)8-10-21/h2-6,11H,7-10H2,1H3. The predicted molar refractivity (Wildman–Crippen MR) is 94.0 cm³/mol. The molecule has 0 N–H and O–H groups in total. The van der Waals surface area contributed by atoms with Gasteiger partial charge in [0.15, 0.2) is 0 Å². The second-order valence-electron chi connectivity index (χ2n) is 5.80. The lowest BCUT2D eigenvalue weighted by Crippen LogP contribution is -2.34. The summed E-state index contributed by atoms with van der Waals surface area (Å²) in [5, 5.41) is 1.12. The molecule has 0 amide bonds. The third-order valence-electron chi connectivity index (χ3n) is 4.33. The quantitative estimate of drug-likeness (QED) is 0.719. The third-order valence-corrected chi connectivity index (χ3v) is 5.34. The van der Waals surface area contributed by atoms with Gasteiger partial charge in [-0.1, -0.05) is 30.3 Å². The number of carbonyl (C=O) groups excluding carboxylic acids is 1. The lowest BCUT2D eigenvalue weighted by molar-refractivity contribution is -0.119. The number of piperidine rings is 1. The molecule has 1 aliphatic rings. The zero-order valence-electron chi connectivity index (χ0n) is 13.0. The van der Waals surface area contributed by atoms with Crippen molar-refractivity contribution in [1.82, 2.24) is 9.97 Å². The van der Waals surface area contributed by atoms with Crippen LogP contribution in [-0.4, -0.2) is 28.8 Å². The van der Waals surface area contributed by atoms with Crippen LogP contribution in [0, 0.1) is 6.92 Å². The topological polar surface area (TPSA) is 46.1 Å². The first-order chi connectivity index (χ1) is 11.2. The highest BCUT2D eigenvalue weighted by Gasteiger charge is 2.23. The smallest absolute Gasteiger partial charge is 0.141 e. The molecule has 0 radical (unpaired) electrons. The molecule has 1 saturated heterocycles. The van der Waals surface area contributed by atoms with Crippen molar-refractivity contribution in [1.29, 1.82) is 0 Å². The van der Waals surface area contributed by atoms with Crippen molar-refractivity contribution in [3.05, 3.63) is 41.5 Å². The van der Waals surface area contributed by atoms with E-state index in [-0.39, 0.29) is 0 Å². The Morgan fingerprint density at radius 2 is 1.83 bits per heavy atom. The van der Waals surface area contributed by atoms with Gasteiger partial charge in [-0.2, -0.15) is 0 Å². The maximum atomic E-state index is 11.5. The Labute approximate surface area is 138 Å². The van der Waals surface area contributed by atoms with Gasteiger partial charge in [0.2, 0.25) is 0 Å². The van der Waals surface area contributed by atoms with Crippen LogP contribution in [-0.2, 0) is 4.79 Å². The molecule has 1 fully saturated rings. The molecule has 4 nitrogen and oxygen atoms in total. The molecule has 5 heteroatoms. The van der Waals surface area contributed by atoms with Crippen molar-refractivity contribution < 1.29 is 4.79 Å². The van der Waals surface area contributed by atoms with Gasteiger partial charge in [0.05, 0.1) is 5.39 Å². The van der Waals surface area contributed by atoms with Gasteiger partial charge in [-0.05, 0) is 12.5 Å². The number of hydrogen-bond acceptors (Lipinski definition) is 5. The highest BCUT2D eigenvalue weighted by Crippen LogP contribution is 2.41. The zero-order chi connectivity index (χ0) is 15.8. The zero-order valence-corrected chi connectivity index (χ0v) is 13.8. The van der Waals surface area contributed by atoms with Crippen LogP contribution in [0.2, 0.25) is 0 Å². The Balaban J connectivity index is 1.90. The van der Waals surface area contributed by atoms with Gasteiger partial charge in [0.1, 0.15) is 22.8 Å². The Hall–Kier alpha value is -2.27. The van der Waals surface area contributed by atoms with Crippen LogP contribution >= 0.6 is 11.3 Å². The lowest BCUT2D eigenvalue weighted by atomic mass is 10.0. The van der Waals surface area contributed by atoms with Crippen LogP contribution in [0.15, 0.2) is 36.7 Å². The summed E-state index contributed by atoms with van der Waals surface area (Å²) in [4.78, 5) is 25.1. The van der Waals surface area contributed by atoms with Crippen LogP contribution in [0.3, 0.4) is 0 Å². The molecule has 0 bridgehead atoms. The van der Waals surface area contributed by atoms with E-state index in [9.17, 15) is 4.79 Å². The summed E-state index contributed by atoms with van der Waals surface area (Å²) in [6.45, 7) is 3.63. The number of benzene rings is 1. The number of rotatable bonds is 2. The molecule has 1 aliphatic heterocycles. The molecule has 4 rings (SSSR count). The molecule has 0 spiro atoms. The van der Waals surface area contributed by atoms with Crippen LogP contribution < -0.4 is 4.90 Å². The van der Waals surface area contributed by atoms with Crippen molar-refractivity contribution in [2.45, 2.75) is 19.8 Å². The minimum absolute atomic E-state index is 0.344. The van der Waals surface area contributed by atoms with Gasteiger partial charge in [-0.3, -0.25) is 4.79 Å². The summed E-state index contributed by atoms with van der Waals surface area (Å²) in [5.74, 6) is 1.31. The molecule has 3 heterocycles. The molecule has 116 valence electrons. The van der Waals surface area contributed by atoms with E-state index in [1.165, 1.54) is 16.0 Å². The number of aryl methyl sites for hydroxylation is 1. The molecule has 0 atom stereocenters. The second kappa shape index (κ2) is 5.74. The summed E-state index contributed by atoms with van der Waals surface area (Å²) >= 11 is 1.71. The van der Waals surface area contributed by atoms with E-state index in [0.717, 1.165) is 29.1 Å². The fourth-order valence-electron chi connectivity index (χ4n) is 3.19. The predicted octanol–water partition coefficient (Wildman–Crippen LogP) is 3.84. The molecule has 0 unspecified atom stereocenters. The SMILES string of the molecule is Cc1sc2ncnc(N3CCC(=O)CC3)c2c1-c1ccccc1. The van der Waals surface area contributed by atoms with Crippen LogP contribution in [0.25, 0.3) is 21.3 Å². The number of fused-ring (bicyclic) bond motifs is 1. The number of anilines is 1. The van der Waals surface area contributed by atoms with Crippen molar-refractivity contribution in [3.63, 3.8) is 0 Å². The first kappa shape index (κ1) is 14.3. The minimum atomic E-state index is 0.344. The molecular formula is C18H17N3OS. The molecule has 2 aromatic heterocycles. The minimum Gasteiger partial charge on any atom is -0.355 e. The average Bonchev–Trinajstić information content (AvgIpc) is 2.92. The fraction of sp³-hybridized carbons (Fsp3) is 0.278. The fourth-order valence-corrected chi connectivity index (χ4v) is 4.20. The highest BCUT2D eigenvalue weighted by molar-refractivity contribution is 7.19. The van der Waals surface area contributed by atoms with Crippen molar-refractivity contribution in [2.75, 3.05) is 18.0 Å². The van der Waals surface area contributed by atoms with E-state index >= 15 is 0 Å². The Morgan fingerprint density at radius 3 is 2.57 bits per heavy atom. The van der Waals surface area contributed by atoms with E-state index in [0.29, 0.717) is 18.6 Å². The summed E-state index contributed by atoms with van der Waals surface area (Å²) in [6, 6.07) is 10.4. The third kappa shape index (κ3) is 2.51. The van der Waals surface area contributed by atoms with E-state index in [1.54, 1.807) is 17.7 Å². The maximum Gasteiger partial charge on any atom is 0.141 e. The van der Waals surface area contributed by atoms with Crippen molar-refractivity contribution in [2.24, 2.45) is 0 Å². The van der Waals surface area contributed by atoms with Gasteiger partial charge in [0.25, 0.3) is 0 Å². The number of carbonyl (C=O) groups is 1. The van der Waals surface area contributed by atoms with Crippen molar-refractivity contribution >= 4 is 33.2 Å². The lowest BCUT2D eigenvalue weighted by Gasteiger charge is -2.27. The van der Waals surface area contributed by atoms with Gasteiger partial charge in [0, 0.05) is 36.4 Å². The molecule has 23 heavy (non-hydrogen) atoms. The van der Waals surface area contributed by atoms with Gasteiger partial charge >= 0.3 is 0 Å². The Bertz CT molecular complexity index is 863. The monoisotopic (exact) mass is 323 g/mol. The first-order valence-electron chi connectivity index (χ1n) is 7.80. The number of nitrogens with zero attached hydrogens (tertiary/aromatic N) is 3. The number of thiophene rings is 1. The number of aromatic nitrogens is 2. The van der Waals surface area contributed by atoms with Crippen LogP contribution in [0.1, 0.15) is 17.7 Å². The van der Waals surface area contributed by atoms with E-state index in [4.69, 9.17) is 0 Å². The summed E-state index contributed by atoms with van der Waals surface area (Å²) in [6.07, 6.45) is 2.85. The Morgan fingerprint density at radius 1 is 1.09 bits per heavy atom. The maximum absolute atomic E-state index is 11.5. The average molecular weight is 323 g/mol. The van der Waals surface area contributed by atoms with Gasteiger partial charge in [-0.25, -0.2) is 9.97 Å². The van der Waals surface area contributed by atoms with Crippen LogP contribution in [0.5, 0.6) is 0 Å². The van der Waals surface area contributed by atoms with Gasteiger partial charge in [-0.15, -0.1) is 11.3 Å². The molecule has 0 aliphatic carbocycles. The van der Waals surface area contributed by atoms with E-state index in [1.807, 2.05) is 6.07 Å². The highest BCUT2D eigenvalue weighted by atomic mass is 32.1. The number of hydrogen-bond donors (Lipinski definition) is 0. The molecule has 3 aromatic rings. The largest absolute Gasteiger partial charge is 0.355 e. The van der Waals surface area contributed by atoms with Crippen molar-refractivity contribution in [3.8, 4) is 11.1 Å². The normalized spacial score (nSPS) is 15.3. The second-order valence-corrected chi connectivity index (χ2v) is 7.01. The van der Waals surface area contributed by atoms with Gasteiger partial charge < -0.3 is 4.90 Å².